The lowest BCUT2D eigenvalue weighted by Gasteiger charge is -2.17. The molecule has 0 atom stereocenters. The second kappa shape index (κ2) is 9.41. The van der Waals surface area contributed by atoms with Crippen LogP contribution in [0.1, 0.15) is 48.8 Å². The number of nitrogens with zero attached hydrogens (tertiary/aromatic N) is 1. The van der Waals surface area contributed by atoms with Gasteiger partial charge in [0.05, 0.1) is 0 Å². The van der Waals surface area contributed by atoms with Crippen molar-refractivity contribution in [3.8, 4) is 22.6 Å². The van der Waals surface area contributed by atoms with Crippen LogP contribution in [0.25, 0.3) is 11.1 Å². The minimum absolute atomic E-state index is 0.225. The van der Waals surface area contributed by atoms with Crippen molar-refractivity contribution in [2.24, 2.45) is 4.99 Å². The number of aliphatic imine (C=N–C) groups is 1. The molecule has 2 N–H and O–H groups in total. The van der Waals surface area contributed by atoms with E-state index in [1.807, 2.05) is 36.6 Å². The van der Waals surface area contributed by atoms with Crippen molar-refractivity contribution in [3.05, 3.63) is 72.3 Å². The Bertz CT molecular complexity index is 876. The number of hydrogen-bond donors (Lipinski definition) is 2. The maximum absolute atomic E-state index is 11.0. The van der Waals surface area contributed by atoms with Crippen molar-refractivity contribution >= 4 is 6.21 Å². The molecule has 146 valence electrons. The van der Waals surface area contributed by atoms with E-state index in [9.17, 15) is 10.2 Å². The first-order chi connectivity index (χ1) is 13.6. The minimum atomic E-state index is 0.225. The van der Waals surface area contributed by atoms with Crippen molar-refractivity contribution in [2.45, 2.75) is 51.0 Å². The number of aromatic hydroxyl groups is 2. The number of benzene rings is 2. The fourth-order valence-corrected chi connectivity index (χ4v) is 3.81. The topological polar surface area (TPSA) is 52.8 Å². The van der Waals surface area contributed by atoms with Gasteiger partial charge in [0.15, 0.2) is 0 Å². The summed E-state index contributed by atoms with van der Waals surface area (Å²) in [4.78, 5) is 4.75. The van der Waals surface area contributed by atoms with Crippen LogP contribution in [-0.4, -0.2) is 22.5 Å². The van der Waals surface area contributed by atoms with Crippen LogP contribution in [0.2, 0.25) is 0 Å². The molecule has 0 radical (unpaired) electrons. The predicted molar refractivity (Wildman–Crippen MR) is 117 cm³/mol. The number of rotatable bonds is 7. The van der Waals surface area contributed by atoms with Gasteiger partial charge in [-0.1, -0.05) is 37.5 Å². The molecule has 0 aromatic heterocycles. The van der Waals surface area contributed by atoms with Gasteiger partial charge in [0.2, 0.25) is 0 Å². The van der Waals surface area contributed by atoms with Gasteiger partial charge in [0.25, 0.3) is 0 Å². The summed E-state index contributed by atoms with van der Waals surface area (Å²) in [6, 6.07) is 9.73. The van der Waals surface area contributed by atoms with E-state index in [2.05, 4.69) is 13.2 Å². The highest BCUT2D eigenvalue weighted by molar-refractivity contribution is 5.89. The molecule has 3 heteroatoms. The van der Waals surface area contributed by atoms with Crippen molar-refractivity contribution in [2.75, 3.05) is 0 Å². The average molecular weight is 376 g/mol. The SMILES string of the molecule is C=CCc1cc(C=NC2CCCCC2)c(O)c(-c2ccc(O)c(CC=C)c2)c1. The second-order valence-electron chi connectivity index (χ2n) is 7.48. The van der Waals surface area contributed by atoms with Crippen LogP contribution in [-0.2, 0) is 12.8 Å². The monoisotopic (exact) mass is 375 g/mol. The van der Waals surface area contributed by atoms with E-state index < -0.39 is 0 Å². The first-order valence-electron chi connectivity index (χ1n) is 10.1. The number of hydrogen-bond acceptors (Lipinski definition) is 3. The molecule has 0 aliphatic heterocycles. The Hall–Kier alpha value is -2.81. The number of phenolic OH excluding ortho intramolecular Hbond substituents is 2. The molecule has 1 fully saturated rings. The Labute approximate surface area is 167 Å². The van der Waals surface area contributed by atoms with Gasteiger partial charge in [-0.25, -0.2) is 0 Å². The maximum Gasteiger partial charge on any atom is 0.132 e. The molecule has 3 nitrogen and oxygen atoms in total. The molecule has 1 aliphatic carbocycles. The van der Waals surface area contributed by atoms with Crippen LogP contribution in [0.15, 0.2) is 60.6 Å². The molecule has 0 saturated heterocycles. The van der Waals surface area contributed by atoms with Crippen molar-refractivity contribution < 1.29 is 10.2 Å². The molecule has 2 aromatic rings. The minimum Gasteiger partial charge on any atom is -0.508 e. The van der Waals surface area contributed by atoms with Gasteiger partial charge in [0, 0.05) is 23.4 Å². The highest BCUT2D eigenvalue weighted by atomic mass is 16.3. The molecule has 0 heterocycles. The fourth-order valence-electron chi connectivity index (χ4n) is 3.81. The fraction of sp³-hybridized carbons (Fsp3) is 0.320. The van der Waals surface area contributed by atoms with E-state index in [4.69, 9.17) is 4.99 Å². The van der Waals surface area contributed by atoms with Gasteiger partial charge in [-0.15, -0.1) is 13.2 Å². The largest absolute Gasteiger partial charge is 0.508 e. The van der Waals surface area contributed by atoms with Crippen molar-refractivity contribution in [1.82, 2.24) is 0 Å². The second-order valence-corrected chi connectivity index (χ2v) is 7.48. The normalized spacial score (nSPS) is 15.0. The van der Waals surface area contributed by atoms with Gasteiger partial charge < -0.3 is 10.2 Å². The first-order valence-corrected chi connectivity index (χ1v) is 10.1. The summed E-state index contributed by atoms with van der Waals surface area (Å²) in [5.41, 5.74) is 4.21. The van der Waals surface area contributed by atoms with Crippen LogP contribution < -0.4 is 0 Å². The standard InChI is InChI=1S/C25H29NO2/c1-3-8-18-14-21(17-26-22-10-6-5-7-11-22)25(28)23(15-18)19-12-13-24(27)20(16-19)9-4-2/h3-4,12-17,22,27-28H,1-2,5-11H2. The van der Waals surface area contributed by atoms with Gasteiger partial charge in [-0.05, 0) is 66.6 Å². The van der Waals surface area contributed by atoms with Crippen LogP contribution in [0.5, 0.6) is 11.5 Å². The van der Waals surface area contributed by atoms with E-state index in [1.54, 1.807) is 12.1 Å². The third kappa shape index (κ3) is 4.72. The van der Waals surface area contributed by atoms with Crippen LogP contribution in [0, 0.1) is 0 Å². The Morgan fingerprint density at radius 2 is 1.71 bits per heavy atom. The molecular weight excluding hydrogens is 346 g/mol. The summed E-state index contributed by atoms with van der Waals surface area (Å²) in [7, 11) is 0. The molecule has 1 saturated carbocycles. The van der Waals surface area contributed by atoms with Gasteiger partial charge >= 0.3 is 0 Å². The van der Waals surface area contributed by atoms with E-state index in [0.717, 1.165) is 47.1 Å². The molecule has 2 aromatic carbocycles. The van der Waals surface area contributed by atoms with E-state index in [-0.39, 0.29) is 11.5 Å². The van der Waals surface area contributed by atoms with E-state index in [1.165, 1.54) is 19.3 Å². The van der Waals surface area contributed by atoms with Gasteiger partial charge in [-0.2, -0.15) is 0 Å². The summed E-state index contributed by atoms with van der Waals surface area (Å²) in [6.07, 6.45) is 12.7. The zero-order valence-electron chi connectivity index (χ0n) is 16.4. The summed E-state index contributed by atoms with van der Waals surface area (Å²) >= 11 is 0. The van der Waals surface area contributed by atoms with Gasteiger partial charge in [0.1, 0.15) is 11.5 Å². The smallest absolute Gasteiger partial charge is 0.132 e. The van der Waals surface area contributed by atoms with Crippen LogP contribution >= 0.6 is 0 Å². The first kappa shape index (κ1) is 19.9. The molecule has 0 amide bonds. The van der Waals surface area contributed by atoms with Gasteiger partial charge in [-0.3, -0.25) is 4.99 Å². The van der Waals surface area contributed by atoms with E-state index in [0.29, 0.717) is 12.5 Å². The van der Waals surface area contributed by atoms with Crippen LogP contribution in [0.4, 0.5) is 0 Å². The lowest BCUT2D eigenvalue weighted by molar-refractivity contribution is 0.444. The Balaban J connectivity index is 2.01. The number of phenols is 2. The Morgan fingerprint density at radius 1 is 0.964 bits per heavy atom. The van der Waals surface area contributed by atoms with Crippen molar-refractivity contribution in [3.63, 3.8) is 0 Å². The van der Waals surface area contributed by atoms with Crippen molar-refractivity contribution in [1.29, 1.82) is 0 Å². The third-order valence-electron chi connectivity index (χ3n) is 5.33. The summed E-state index contributed by atoms with van der Waals surface area (Å²) in [5, 5.41) is 21.0. The molecular formula is C25H29NO2. The average Bonchev–Trinajstić information content (AvgIpc) is 2.71. The van der Waals surface area contributed by atoms with Crippen LogP contribution in [0.3, 0.4) is 0 Å². The quantitative estimate of drug-likeness (QED) is 0.462. The lowest BCUT2D eigenvalue weighted by Crippen LogP contribution is -2.09. The highest BCUT2D eigenvalue weighted by Gasteiger charge is 2.14. The summed E-state index contributed by atoms with van der Waals surface area (Å²) in [5.74, 6) is 0.465. The maximum atomic E-state index is 11.0. The summed E-state index contributed by atoms with van der Waals surface area (Å²) in [6.45, 7) is 7.59. The summed E-state index contributed by atoms with van der Waals surface area (Å²) < 4.78 is 0. The van der Waals surface area contributed by atoms with E-state index >= 15 is 0 Å². The molecule has 1 aliphatic rings. The lowest BCUT2D eigenvalue weighted by atomic mass is 9.94. The molecule has 28 heavy (non-hydrogen) atoms. The highest BCUT2D eigenvalue weighted by Crippen LogP contribution is 2.36. The Morgan fingerprint density at radius 3 is 2.43 bits per heavy atom. The Kier molecular flexibility index (Phi) is 6.70. The predicted octanol–water partition coefficient (Wildman–Crippen LogP) is 5.97. The number of allylic oxidation sites excluding steroid dienone is 2. The molecule has 0 unspecified atom stereocenters. The zero-order chi connectivity index (χ0) is 19.9. The zero-order valence-corrected chi connectivity index (χ0v) is 16.4. The molecule has 0 bridgehead atoms. The third-order valence-corrected chi connectivity index (χ3v) is 5.33. The molecule has 0 spiro atoms. The molecule has 3 rings (SSSR count).